The van der Waals surface area contributed by atoms with E-state index < -0.39 is 0 Å². The molecule has 0 radical (unpaired) electrons. The largest absolute Gasteiger partial charge is 0.381 e. The fraction of sp³-hybridized carbons (Fsp3) is 0.929. The molecule has 0 rings (SSSR count). The molecule has 0 saturated carbocycles. The van der Waals surface area contributed by atoms with E-state index in [1.54, 1.807) is 0 Å². The van der Waals surface area contributed by atoms with Gasteiger partial charge in [0.05, 0.1) is 0 Å². The minimum Gasteiger partial charge on any atom is -0.381 e. The Hall–Kier alpha value is -0.770. The lowest BCUT2D eigenvalue weighted by Crippen LogP contribution is -2.38. The second kappa shape index (κ2) is 12.7. The van der Waals surface area contributed by atoms with E-state index in [4.69, 9.17) is 4.74 Å². The molecule has 0 aromatic heterocycles. The summed E-state index contributed by atoms with van der Waals surface area (Å²) in [5, 5.41) is 6.60. The zero-order chi connectivity index (χ0) is 13.6. The van der Waals surface area contributed by atoms with E-state index in [0.29, 0.717) is 5.92 Å². The highest BCUT2D eigenvalue weighted by atomic mass is 16.5. The fourth-order valence-corrected chi connectivity index (χ4v) is 1.50. The minimum atomic E-state index is 0.617. The zero-order valence-corrected chi connectivity index (χ0v) is 12.6. The number of ether oxygens (including phenoxy) is 1. The van der Waals surface area contributed by atoms with Gasteiger partial charge < -0.3 is 15.4 Å². The summed E-state index contributed by atoms with van der Waals surface area (Å²) < 4.78 is 5.52. The van der Waals surface area contributed by atoms with E-state index in [1.165, 1.54) is 19.3 Å². The smallest absolute Gasteiger partial charge is 0.190 e. The number of aliphatic imine (C=N–C) groups is 1. The lowest BCUT2D eigenvalue weighted by molar-refractivity contribution is 0.108. The Morgan fingerprint density at radius 3 is 2.33 bits per heavy atom. The van der Waals surface area contributed by atoms with Crippen molar-refractivity contribution in [3.8, 4) is 0 Å². The van der Waals surface area contributed by atoms with Crippen molar-refractivity contribution in [2.45, 2.75) is 46.5 Å². The molecule has 0 heterocycles. The number of hydrogen-bond acceptors (Lipinski definition) is 2. The SMILES string of the molecule is CCCCCNC(=NC)NCCCOCC(C)C. The first-order valence-electron chi connectivity index (χ1n) is 7.23. The topological polar surface area (TPSA) is 45.7 Å². The lowest BCUT2D eigenvalue weighted by atomic mass is 10.2. The first kappa shape index (κ1) is 17.2. The predicted octanol–water partition coefficient (Wildman–Crippen LogP) is 2.40. The van der Waals surface area contributed by atoms with Crippen LogP contribution in [0, 0.1) is 5.92 Å². The highest BCUT2D eigenvalue weighted by Crippen LogP contribution is 1.93. The molecule has 0 unspecified atom stereocenters. The van der Waals surface area contributed by atoms with Gasteiger partial charge in [-0.3, -0.25) is 4.99 Å². The van der Waals surface area contributed by atoms with Crippen LogP contribution in [-0.4, -0.2) is 39.3 Å². The van der Waals surface area contributed by atoms with Crippen LogP contribution in [0.3, 0.4) is 0 Å². The van der Waals surface area contributed by atoms with Gasteiger partial charge in [-0.1, -0.05) is 33.6 Å². The van der Waals surface area contributed by atoms with E-state index in [2.05, 4.69) is 36.4 Å². The summed E-state index contributed by atoms with van der Waals surface area (Å²) in [6.45, 7) is 10.1. The van der Waals surface area contributed by atoms with Gasteiger partial charge in [0.1, 0.15) is 0 Å². The van der Waals surface area contributed by atoms with Crippen molar-refractivity contribution in [1.82, 2.24) is 10.6 Å². The van der Waals surface area contributed by atoms with Crippen LogP contribution in [0.1, 0.15) is 46.5 Å². The van der Waals surface area contributed by atoms with Crippen LogP contribution >= 0.6 is 0 Å². The molecule has 4 nitrogen and oxygen atoms in total. The number of guanidine groups is 1. The van der Waals surface area contributed by atoms with Crippen LogP contribution in [0.4, 0.5) is 0 Å². The van der Waals surface area contributed by atoms with Crippen molar-refractivity contribution >= 4 is 5.96 Å². The molecule has 0 spiro atoms. The van der Waals surface area contributed by atoms with Crippen LogP contribution in [0.15, 0.2) is 4.99 Å². The molecule has 0 atom stereocenters. The van der Waals surface area contributed by atoms with Crippen LogP contribution < -0.4 is 10.6 Å². The van der Waals surface area contributed by atoms with Crippen molar-refractivity contribution in [3.63, 3.8) is 0 Å². The lowest BCUT2D eigenvalue weighted by Gasteiger charge is -2.12. The summed E-state index contributed by atoms with van der Waals surface area (Å²) in [4.78, 5) is 4.19. The Labute approximate surface area is 113 Å². The van der Waals surface area contributed by atoms with Gasteiger partial charge in [0.25, 0.3) is 0 Å². The molecule has 0 aliphatic carbocycles. The number of nitrogens with one attached hydrogen (secondary N) is 2. The van der Waals surface area contributed by atoms with E-state index in [0.717, 1.165) is 38.7 Å². The standard InChI is InChI=1S/C14H31N3O/c1-5-6-7-9-16-14(15-4)17-10-8-11-18-12-13(2)3/h13H,5-12H2,1-4H3,(H2,15,16,17). The summed E-state index contributed by atoms with van der Waals surface area (Å²) in [6, 6.07) is 0. The van der Waals surface area contributed by atoms with Gasteiger partial charge in [-0.05, 0) is 18.8 Å². The zero-order valence-electron chi connectivity index (χ0n) is 12.6. The maximum atomic E-state index is 5.52. The Balaban J connectivity index is 3.39. The van der Waals surface area contributed by atoms with Crippen LogP contribution in [0.2, 0.25) is 0 Å². The van der Waals surface area contributed by atoms with Gasteiger partial charge in [-0.25, -0.2) is 0 Å². The molecular formula is C14H31N3O. The van der Waals surface area contributed by atoms with Crippen molar-refractivity contribution in [1.29, 1.82) is 0 Å². The maximum Gasteiger partial charge on any atom is 0.190 e. The number of rotatable bonds is 10. The first-order chi connectivity index (χ1) is 8.70. The molecule has 0 aromatic carbocycles. The van der Waals surface area contributed by atoms with E-state index >= 15 is 0 Å². The van der Waals surface area contributed by atoms with Crippen LogP contribution in [0.5, 0.6) is 0 Å². The molecule has 18 heavy (non-hydrogen) atoms. The summed E-state index contributed by atoms with van der Waals surface area (Å²) in [6.07, 6.45) is 4.74. The average molecular weight is 257 g/mol. The van der Waals surface area contributed by atoms with Gasteiger partial charge >= 0.3 is 0 Å². The molecule has 0 aromatic rings. The third kappa shape index (κ3) is 11.7. The highest BCUT2D eigenvalue weighted by molar-refractivity contribution is 5.79. The second-order valence-corrected chi connectivity index (χ2v) is 4.96. The van der Waals surface area contributed by atoms with Crippen LogP contribution in [0.25, 0.3) is 0 Å². The van der Waals surface area contributed by atoms with Crippen molar-refractivity contribution < 1.29 is 4.74 Å². The molecule has 0 amide bonds. The normalized spacial score (nSPS) is 11.9. The molecule has 0 saturated heterocycles. The van der Waals surface area contributed by atoms with Crippen molar-refractivity contribution in [2.24, 2.45) is 10.9 Å². The van der Waals surface area contributed by atoms with Gasteiger partial charge in [0, 0.05) is 33.4 Å². The molecule has 0 aliphatic heterocycles. The molecule has 4 heteroatoms. The van der Waals surface area contributed by atoms with Gasteiger partial charge in [-0.15, -0.1) is 0 Å². The maximum absolute atomic E-state index is 5.52. The quantitative estimate of drug-likeness (QED) is 0.359. The fourth-order valence-electron chi connectivity index (χ4n) is 1.50. The average Bonchev–Trinajstić information content (AvgIpc) is 2.35. The number of unbranched alkanes of at least 4 members (excludes halogenated alkanes) is 2. The van der Waals surface area contributed by atoms with Crippen LogP contribution in [-0.2, 0) is 4.74 Å². The predicted molar refractivity (Wildman–Crippen MR) is 79.2 cm³/mol. The third-order valence-electron chi connectivity index (χ3n) is 2.51. The molecular weight excluding hydrogens is 226 g/mol. The number of nitrogens with zero attached hydrogens (tertiary/aromatic N) is 1. The second-order valence-electron chi connectivity index (χ2n) is 4.96. The van der Waals surface area contributed by atoms with E-state index in [1.807, 2.05) is 7.05 Å². The van der Waals surface area contributed by atoms with E-state index in [-0.39, 0.29) is 0 Å². The minimum absolute atomic E-state index is 0.617. The first-order valence-corrected chi connectivity index (χ1v) is 7.23. The summed E-state index contributed by atoms with van der Waals surface area (Å²) in [5.74, 6) is 1.51. The molecule has 0 aliphatic rings. The summed E-state index contributed by atoms with van der Waals surface area (Å²) in [5.41, 5.74) is 0. The van der Waals surface area contributed by atoms with Crippen molar-refractivity contribution in [2.75, 3.05) is 33.4 Å². The Kier molecular flexibility index (Phi) is 12.1. The third-order valence-corrected chi connectivity index (χ3v) is 2.51. The number of hydrogen-bond donors (Lipinski definition) is 2. The van der Waals surface area contributed by atoms with E-state index in [9.17, 15) is 0 Å². The molecule has 0 fully saturated rings. The van der Waals surface area contributed by atoms with Gasteiger partial charge in [-0.2, -0.15) is 0 Å². The Bertz CT molecular complexity index is 205. The Morgan fingerprint density at radius 1 is 1.11 bits per heavy atom. The summed E-state index contributed by atoms with van der Waals surface area (Å²) >= 11 is 0. The summed E-state index contributed by atoms with van der Waals surface area (Å²) in [7, 11) is 1.81. The Morgan fingerprint density at radius 2 is 1.78 bits per heavy atom. The molecule has 0 bridgehead atoms. The molecule has 108 valence electrons. The van der Waals surface area contributed by atoms with Gasteiger partial charge in [0.15, 0.2) is 5.96 Å². The monoisotopic (exact) mass is 257 g/mol. The highest BCUT2D eigenvalue weighted by Gasteiger charge is 1.97. The van der Waals surface area contributed by atoms with Gasteiger partial charge in [0.2, 0.25) is 0 Å². The van der Waals surface area contributed by atoms with Crippen molar-refractivity contribution in [3.05, 3.63) is 0 Å². The molecule has 2 N–H and O–H groups in total.